The average molecular weight is 258 g/mol. The van der Waals surface area contributed by atoms with Gasteiger partial charge < -0.3 is 21.3 Å². The van der Waals surface area contributed by atoms with Gasteiger partial charge in [0, 0.05) is 17.7 Å². The molecule has 1 atom stereocenters. The van der Waals surface area contributed by atoms with E-state index in [-0.39, 0.29) is 23.9 Å². The molecule has 0 saturated carbocycles. The van der Waals surface area contributed by atoms with Crippen LogP contribution in [0.3, 0.4) is 0 Å². The molecule has 0 fully saturated rings. The first-order valence-corrected chi connectivity index (χ1v) is 4.90. The minimum atomic E-state index is -0.396. The second kappa shape index (κ2) is 6.97. The van der Waals surface area contributed by atoms with Crippen molar-refractivity contribution in [2.75, 3.05) is 13.7 Å². The average Bonchev–Trinajstić information content (AvgIpc) is 2.29. The van der Waals surface area contributed by atoms with Crippen LogP contribution in [0.4, 0.5) is 0 Å². The second-order valence-electron chi connectivity index (χ2n) is 3.41. The Morgan fingerprint density at radius 2 is 2.18 bits per heavy atom. The Labute approximate surface area is 106 Å². The molecule has 0 aromatic heterocycles. The van der Waals surface area contributed by atoms with E-state index >= 15 is 0 Å². The summed E-state index contributed by atoms with van der Waals surface area (Å²) in [5, 5.41) is 18.7. The molecule has 1 rings (SSSR count). The summed E-state index contributed by atoms with van der Waals surface area (Å²) in [4.78, 5) is 0. The largest absolute Gasteiger partial charge is 0.504 e. The number of ether oxygens (including phenoxy) is 1. The van der Waals surface area contributed by atoms with Crippen LogP contribution in [0.5, 0.6) is 11.5 Å². The molecule has 5 nitrogen and oxygen atoms in total. The third-order valence-electron chi connectivity index (χ3n) is 2.33. The molecule has 94 valence electrons. The topological polar surface area (TPSA) is 105 Å². The van der Waals surface area contributed by atoms with E-state index in [0.717, 1.165) is 0 Å². The first-order valence-electron chi connectivity index (χ1n) is 4.90. The molecule has 17 heavy (non-hydrogen) atoms. The van der Waals surface area contributed by atoms with Gasteiger partial charge in [-0.2, -0.15) is 5.26 Å². The zero-order valence-electron chi connectivity index (χ0n) is 9.51. The Morgan fingerprint density at radius 1 is 1.53 bits per heavy atom. The smallest absolute Gasteiger partial charge is 0.162 e. The summed E-state index contributed by atoms with van der Waals surface area (Å²) >= 11 is 0. The summed E-state index contributed by atoms with van der Waals surface area (Å²) in [5.41, 5.74) is 12.1. The fraction of sp³-hybridized carbons (Fsp3) is 0.364. The molecule has 0 bridgehead atoms. The van der Waals surface area contributed by atoms with Crippen molar-refractivity contribution in [2.24, 2.45) is 11.5 Å². The van der Waals surface area contributed by atoms with Crippen LogP contribution >= 0.6 is 12.4 Å². The van der Waals surface area contributed by atoms with Crippen LogP contribution in [-0.2, 0) is 0 Å². The van der Waals surface area contributed by atoms with Gasteiger partial charge in [0.1, 0.15) is 0 Å². The molecule has 6 heteroatoms. The second-order valence-corrected chi connectivity index (χ2v) is 3.41. The highest BCUT2D eigenvalue weighted by Gasteiger charge is 2.15. The number of nitrogens with two attached hydrogens (primary N) is 2. The van der Waals surface area contributed by atoms with Crippen molar-refractivity contribution in [3.63, 3.8) is 0 Å². The molecule has 0 saturated heterocycles. The predicted octanol–water partition coefficient (Wildman–Crippen LogP) is 1.04. The highest BCUT2D eigenvalue weighted by Crippen LogP contribution is 2.35. The summed E-state index contributed by atoms with van der Waals surface area (Å²) in [7, 11) is 1.43. The van der Waals surface area contributed by atoms with Crippen molar-refractivity contribution < 1.29 is 9.84 Å². The summed E-state index contributed by atoms with van der Waals surface area (Å²) in [6.07, 6.45) is 0.533. The lowest BCUT2D eigenvalue weighted by Crippen LogP contribution is -2.15. The minimum absolute atomic E-state index is 0. The lowest BCUT2D eigenvalue weighted by molar-refractivity contribution is 0.368. The first-order chi connectivity index (χ1) is 7.63. The van der Waals surface area contributed by atoms with E-state index < -0.39 is 6.04 Å². The van der Waals surface area contributed by atoms with E-state index in [0.29, 0.717) is 24.1 Å². The van der Waals surface area contributed by atoms with Gasteiger partial charge in [-0.25, -0.2) is 0 Å². The lowest BCUT2D eigenvalue weighted by Gasteiger charge is -2.15. The maximum Gasteiger partial charge on any atom is 0.162 e. The van der Waals surface area contributed by atoms with Crippen molar-refractivity contribution >= 4 is 12.4 Å². The molecule has 0 heterocycles. The van der Waals surface area contributed by atoms with Gasteiger partial charge in [-0.15, -0.1) is 12.4 Å². The molecular formula is C11H16ClN3O2. The zero-order valence-corrected chi connectivity index (χ0v) is 10.3. The Bertz CT molecular complexity index is 418. The number of hydrogen-bond donors (Lipinski definition) is 3. The molecule has 0 unspecified atom stereocenters. The van der Waals surface area contributed by atoms with Crippen LogP contribution in [0.1, 0.15) is 23.6 Å². The van der Waals surface area contributed by atoms with Gasteiger partial charge in [0.25, 0.3) is 0 Å². The lowest BCUT2D eigenvalue weighted by atomic mass is 10.0. The normalized spacial score (nSPS) is 11.2. The summed E-state index contributed by atoms with van der Waals surface area (Å²) in [5.74, 6) is 0.226. The van der Waals surface area contributed by atoms with Crippen molar-refractivity contribution in [1.82, 2.24) is 0 Å². The van der Waals surface area contributed by atoms with E-state index in [1.165, 1.54) is 13.2 Å². The van der Waals surface area contributed by atoms with Crippen molar-refractivity contribution in [1.29, 1.82) is 5.26 Å². The van der Waals surface area contributed by atoms with E-state index in [1.807, 2.05) is 6.07 Å². The molecule has 0 aliphatic heterocycles. The molecule has 0 radical (unpaired) electrons. The van der Waals surface area contributed by atoms with Gasteiger partial charge in [-0.05, 0) is 19.0 Å². The molecule has 0 aliphatic carbocycles. The number of benzene rings is 1. The number of aromatic hydroxyl groups is 1. The molecule has 1 aromatic rings. The summed E-state index contributed by atoms with van der Waals surface area (Å²) in [6.45, 7) is 0.416. The van der Waals surface area contributed by atoms with E-state index in [9.17, 15) is 5.11 Å². The maximum atomic E-state index is 9.85. The molecule has 0 amide bonds. The monoisotopic (exact) mass is 257 g/mol. The number of hydrogen-bond acceptors (Lipinski definition) is 5. The van der Waals surface area contributed by atoms with Gasteiger partial charge >= 0.3 is 0 Å². The summed E-state index contributed by atoms with van der Waals surface area (Å²) in [6, 6.07) is 4.61. The number of phenols is 1. The number of methoxy groups -OCH3 is 1. The van der Waals surface area contributed by atoms with Crippen molar-refractivity contribution in [3.8, 4) is 17.6 Å². The van der Waals surface area contributed by atoms with Crippen molar-refractivity contribution in [2.45, 2.75) is 12.5 Å². The third-order valence-corrected chi connectivity index (χ3v) is 2.33. The highest BCUT2D eigenvalue weighted by atomic mass is 35.5. The quantitative estimate of drug-likeness (QED) is 0.747. The first kappa shape index (κ1) is 15.5. The van der Waals surface area contributed by atoms with Crippen LogP contribution in [0.15, 0.2) is 12.1 Å². The number of rotatable bonds is 4. The highest BCUT2D eigenvalue weighted by molar-refractivity contribution is 5.85. The fourth-order valence-electron chi connectivity index (χ4n) is 1.47. The van der Waals surface area contributed by atoms with Crippen LogP contribution in [0.25, 0.3) is 0 Å². The van der Waals surface area contributed by atoms with Gasteiger partial charge in [0.05, 0.1) is 18.7 Å². The minimum Gasteiger partial charge on any atom is -0.504 e. The predicted molar refractivity (Wildman–Crippen MR) is 67.2 cm³/mol. The summed E-state index contributed by atoms with van der Waals surface area (Å²) < 4.78 is 4.97. The van der Waals surface area contributed by atoms with E-state index in [1.54, 1.807) is 6.07 Å². The molecule has 5 N–H and O–H groups in total. The Morgan fingerprint density at radius 3 is 2.65 bits per heavy atom. The third kappa shape index (κ3) is 3.49. The molecule has 0 aliphatic rings. The molecule has 0 spiro atoms. The van der Waals surface area contributed by atoms with Crippen LogP contribution < -0.4 is 16.2 Å². The number of phenolic OH excluding ortho intramolecular Hbond substituents is 1. The van der Waals surface area contributed by atoms with Crippen LogP contribution in [0.2, 0.25) is 0 Å². The van der Waals surface area contributed by atoms with Gasteiger partial charge in [-0.1, -0.05) is 0 Å². The Hall–Kier alpha value is -1.48. The van der Waals surface area contributed by atoms with Crippen molar-refractivity contribution in [3.05, 3.63) is 23.3 Å². The van der Waals surface area contributed by atoms with Gasteiger partial charge in [0.15, 0.2) is 11.5 Å². The molecular weight excluding hydrogens is 242 g/mol. The van der Waals surface area contributed by atoms with Crippen LogP contribution in [-0.4, -0.2) is 18.8 Å². The standard InChI is InChI=1S/C11H15N3O2.ClH/c1-16-10-5-7(6-13)4-8(11(10)15)9(14)2-3-12;/h4-5,9,15H,2-3,12,14H2,1H3;1H/t9-;/m1./s1. The SMILES string of the molecule is COc1cc(C#N)cc([C@H](N)CCN)c1O.Cl. The molecule has 1 aromatic carbocycles. The van der Waals surface area contributed by atoms with Gasteiger partial charge in [-0.3, -0.25) is 0 Å². The van der Waals surface area contributed by atoms with Gasteiger partial charge in [0.2, 0.25) is 0 Å². The number of nitriles is 1. The maximum absolute atomic E-state index is 9.85. The Balaban J connectivity index is 0.00000256. The number of halogens is 1. The zero-order chi connectivity index (χ0) is 12.1. The van der Waals surface area contributed by atoms with Crippen LogP contribution in [0, 0.1) is 11.3 Å². The van der Waals surface area contributed by atoms with E-state index in [2.05, 4.69) is 0 Å². The number of nitrogens with zero attached hydrogens (tertiary/aromatic N) is 1. The fourth-order valence-corrected chi connectivity index (χ4v) is 1.47. The Kier molecular flexibility index (Phi) is 6.36. The van der Waals surface area contributed by atoms with E-state index in [4.69, 9.17) is 21.5 Å².